The van der Waals surface area contributed by atoms with Gasteiger partial charge in [0.05, 0.1) is 13.0 Å². The second kappa shape index (κ2) is 8.64. The lowest BCUT2D eigenvalue weighted by Crippen LogP contribution is -2.28. The minimum atomic E-state index is -1.27. The van der Waals surface area contributed by atoms with E-state index in [2.05, 4.69) is 4.84 Å². The third-order valence-electron chi connectivity index (χ3n) is 4.43. The van der Waals surface area contributed by atoms with Crippen LogP contribution in [0.3, 0.4) is 0 Å². The molecule has 0 radical (unpaired) electrons. The minimum Gasteiger partial charge on any atom is -0.497 e. The summed E-state index contributed by atoms with van der Waals surface area (Å²) < 4.78 is 15.6. The third kappa shape index (κ3) is 4.57. The molecule has 30 heavy (non-hydrogen) atoms. The number of carbonyl (C=O) groups is 2. The summed E-state index contributed by atoms with van der Waals surface area (Å²) in [5.74, 6) is -1.48. The number of methoxy groups -OCH3 is 1. The van der Waals surface area contributed by atoms with Gasteiger partial charge < -0.3 is 24.4 Å². The number of aromatic nitrogens is 1. The highest BCUT2D eigenvalue weighted by Gasteiger charge is 2.23. The number of hydrogen-bond acceptors (Lipinski definition) is 8. The summed E-state index contributed by atoms with van der Waals surface area (Å²) in [4.78, 5) is 28.8. The predicted molar refractivity (Wildman–Crippen MR) is 105 cm³/mol. The van der Waals surface area contributed by atoms with E-state index in [-0.39, 0.29) is 0 Å². The molecule has 0 fully saturated rings. The summed E-state index contributed by atoms with van der Waals surface area (Å²) in [5.41, 5.74) is 0.731. The predicted octanol–water partition coefficient (Wildman–Crippen LogP) is 3.32. The molecule has 0 aliphatic heterocycles. The van der Waals surface area contributed by atoms with Gasteiger partial charge in [0.25, 0.3) is 0 Å². The summed E-state index contributed by atoms with van der Waals surface area (Å²) in [6.45, 7) is 3.02. The summed E-state index contributed by atoms with van der Waals surface area (Å²) in [7, 11) is 1.59. The molecule has 2 aromatic carbocycles. The Kier molecular flexibility index (Phi) is 6.01. The second-order valence-electron chi connectivity index (χ2n) is 6.50. The Morgan fingerprint density at radius 2 is 1.53 bits per heavy atom. The molecule has 3 aromatic rings. The first-order valence-electron chi connectivity index (χ1n) is 9.05. The molecule has 2 atom stereocenters. The van der Waals surface area contributed by atoms with Gasteiger partial charge in [-0.3, -0.25) is 9.63 Å². The van der Waals surface area contributed by atoms with Crippen molar-refractivity contribution in [2.75, 3.05) is 7.11 Å². The van der Waals surface area contributed by atoms with Gasteiger partial charge in [0.1, 0.15) is 5.75 Å². The van der Waals surface area contributed by atoms with Crippen molar-refractivity contribution in [3.05, 3.63) is 54.1 Å². The average Bonchev–Trinajstić information content (AvgIpc) is 3.04. The van der Waals surface area contributed by atoms with Crippen LogP contribution in [0.2, 0.25) is 0 Å². The Bertz CT molecular complexity index is 1050. The van der Waals surface area contributed by atoms with Gasteiger partial charge in [-0.2, -0.15) is 0 Å². The van der Waals surface area contributed by atoms with Crippen LogP contribution >= 0.6 is 0 Å². The van der Waals surface area contributed by atoms with Gasteiger partial charge in [-0.25, -0.2) is 4.79 Å². The van der Waals surface area contributed by atoms with Crippen molar-refractivity contribution in [2.45, 2.75) is 26.1 Å². The third-order valence-corrected chi connectivity index (χ3v) is 4.43. The maximum absolute atomic E-state index is 12.4. The summed E-state index contributed by atoms with van der Waals surface area (Å²) in [5, 5.41) is 20.8. The topological polar surface area (TPSA) is 116 Å². The maximum Gasteiger partial charge on any atom is 0.537 e. The van der Waals surface area contributed by atoms with E-state index in [1.54, 1.807) is 14.0 Å². The summed E-state index contributed by atoms with van der Waals surface area (Å²) >= 11 is 0. The highest BCUT2D eigenvalue weighted by molar-refractivity contribution is 5.86. The SMILES string of the molecule is COc1ccc2cc([C@H](C)C(=O)OC(C)OC(=O)On3c(O)ccc3O)ccc2c1. The van der Waals surface area contributed by atoms with E-state index in [0.29, 0.717) is 4.73 Å². The smallest absolute Gasteiger partial charge is 0.497 e. The number of fused-ring (bicyclic) bond motifs is 1. The van der Waals surface area contributed by atoms with E-state index in [0.717, 1.165) is 34.2 Å². The van der Waals surface area contributed by atoms with Crippen LogP contribution in [0, 0.1) is 0 Å². The fourth-order valence-corrected chi connectivity index (χ4v) is 2.79. The van der Waals surface area contributed by atoms with Gasteiger partial charge in [0, 0.05) is 19.1 Å². The number of hydrogen-bond donors (Lipinski definition) is 2. The van der Waals surface area contributed by atoms with Crippen LogP contribution in [0.5, 0.6) is 17.5 Å². The molecule has 0 saturated heterocycles. The number of carbonyl (C=O) groups excluding carboxylic acids is 2. The molecule has 0 aliphatic rings. The molecule has 1 aromatic heterocycles. The van der Waals surface area contributed by atoms with Crippen LogP contribution in [-0.4, -0.2) is 40.5 Å². The molecule has 0 spiro atoms. The zero-order valence-electron chi connectivity index (χ0n) is 16.6. The van der Waals surface area contributed by atoms with Crippen LogP contribution < -0.4 is 9.57 Å². The zero-order valence-corrected chi connectivity index (χ0v) is 16.6. The zero-order chi connectivity index (χ0) is 21.8. The molecule has 1 heterocycles. The van der Waals surface area contributed by atoms with E-state index >= 15 is 0 Å². The monoisotopic (exact) mass is 415 g/mol. The lowest BCUT2D eigenvalue weighted by Gasteiger charge is -2.17. The van der Waals surface area contributed by atoms with E-state index in [1.165, 1.54) is 6.92 Å². The van der Waals surface area contributed by atoms with Crippen LogP contribution in [0.1, 0.15) is 25.3 Å². The number of ether oxygens (including phenoxy) is 3. The molecule has 9 heteroatoms. The molecule has 0 aliphatic carbocycles. The standard InChI is InChI=1S/C21H21NO8/c1-12(14-4-5-16-11-17(27-3)7-6-15(16)10-14)20(25)28-13(2)29-21(26)30-22-18(23)8-9-19(22)24/h4-13,23-24H,1-3H3/t12-,13?/m0/s1. The molecule has 1 unspecified atom stereocenters. The summed E-state index contributed by atoms with van der Waals surface area (Å²) in [6.07, 6.45) is -2.53. The van der Waals surface area contributed by atoms with E-state index in [1.807, 2.05) is 36.4 Å². The first kappa shape index (κ1) is 20.8. The van der Waals surface area contributed by atoms with Crippen molar-refractivity contribution in [3.63, 3.8) is 0 Å². The first-order chi connectivity index (χ1) is 14.3. The summed E-state index contributed by atoms with van der Waals surface area (Å²) in [6, 6.07) is 13.4. The van der Waals surface area contributed by atoms with E-state index in [4.69, 9.17) is 14.2 Å². The van der Waals surface area contributed by atoms with E-state index in [9.17, 15) is 19.8 Å². The molecule has 0 saturated carbocycles. The first-order valence-corrected chi connectivity index (χ1v) is 9.05. The van der Waals surface area contributed by atoms with Gasteiger partial charge in [0.2, 0.25) is 18.1 Å². The largest absolute Gasteiger partial charge is 0.537 e. The molecule has 158 valence electrons. The van der Waals surface area contributed by atoms with Gasteiger partial charge in [-0.15, -0.1) is 4.73 Å². The Balaban J connectivity index is 1.60. The van der Waals surface area contributed by atoms with Crippen molar-refractivity contribution in [3.8, 4) is 17.5 Å². The molecule has 0 amide bonds. The highest BCUT2D eigenvalue weighted by atomic mass is 16.9. The van der Waals surface area contributed by atoms with Crippen LogP contribution in [-0.2, 0) is 14.3 Å². The number of aromatic hydroxyl groups is 2. The molecule has 0 bridgehead atoms. The van der Waals surface area contributed by atoms with Crippen LogP contribution in [0.4, 0.5) is 4.79 Å². The lowest BCUT2D eigenvalue weighted by atomic mass is 9.98. The maximum atomic E-state index is 12.4. The Morgan fingerprint density at radius 1 is 0.900 bits per heavy atom. The normalized spacial score (nSPS) is 12.8. The number of benzene rings is 2. The molecule has 2 N–H and O–H groups in total. The van der Waals surface area contributed by atoms with Crippen molar-refractivity contribution in [1.82, 2.24) is 4.73 Å². The average molecular weight is 415 g/mol. The van der Waals surface area contributed by atoms with Gasteiger partial charge in [0.15, 0.2) is 0 Å². The fraction of sp³-hybridized carbons (Fsp3) is 0.238. The molecule has 9 nitrogen and oxygen atoms in total. The molecular formula is C21H21NO8. The van der Waals surface area contributed by atoms with Crippen molar-refractivity contribution in [1.29, 1.82) is 0 Å². The fourth-order valence-electron chi connectivity index (χ4n) is 2.79. The lowest BCUT2D eigenvalue weighted by molar-refractivity contribution is -0.169. The van der Waals surface area contributed by atoms with Crippen LogP contribution in [0.15, 0.2) is 48.5 Å². The van der Waals surface area contributed by atoms with Crippen LogP contribution in [0.25, 0.3) is 10.8 Å². The number of rotatable bonds is 6. The Morgan fingerprint density at radius 3 is 2.20 bits per heavy atom. The quantitative estimate of drug-likeness (QED) is 0.465. The minimum absolute atomic E-state index is 0.462. The van der Waals surface area contributed by atoms with Crippen molar-refractivity contribution in [2.24, 2.45) is 0 Å². The van der Waals surface area contributed by atoms with E-state index < -0.39 is 36.1 Å². The Hall–Kier alpha value is -3.88. The molecule has 3 rings (SSSR count). The second-order valence-corrected chi connectivity index (χ2v) is 6.50. The number of nitrogens with zero attached hydrogens (tertiary/aromatic N) is 1. The van der Waals surface area contributed by atoms with Gasteiger partial charge in [-0.05, 0) is 35.4 Å². The van der Waals surface area contributed by atoms with Crippen molar-refractivity contribution >= 4 is 22.9 Å². The van der Waals surface area contributed by atoms with Crippen molar-refractivity contribution < 1.29 is 38.9 Å². The van der Waals surface area contributed by atoms with Gasteiger partial charge in [-0.1, -0.05) is 24.3 Å². The number of esters is 1. The molecular weight excluding hydrogens is 394 g/mol. The Labute approximate surface area is 171 Å². The highest BCUT2D eigenvalue weighted by Crippen LogP contribution is 2.26. The van der Waals surface area contributed by atoms with Gasteiger partial charge >= 0.3 is 12.1 Å².